The van der Waals surface area contributed by atoms with Crippen LogP contribution in [-0.4, -0.2) is 7.11 Å². The van der Waals surface area contributed by atoms with Gasteiger partial charge in [-0.2, -0.15) is 0 Å². The molecule has 2 aromatic rings. The summed E-state index contributed by atoms with van der Waals surface area (Å²) in [6.07, 6.45) is 0. The van der Waals surface area contributed by atoms with Gasteiger partial charge >= 0.3 is 0 Å². The van der Waals surface area contributed by atoms with E-state index >= 15 is 0 Å². The van der Waals surface area contributed by atoms with Crippen molar-refractivity contribution in [2.24, 2.45) is 0 Å². The summed E-state index contributed by atoms with van der Waals surface area (Å²) in [5.74, 6) is 0.351. The average molecular weight is 232 g/mol. The molecule has 0 aliphatic rings. The molecular weight excluding hydrogens is 219 g/mol. The molecule has 4 heteroatoms. The Kier molecular flexibility index (Phi) is 3.14. The van der Waals surface area contributed by atoms with Crippen LogP contribution in [0.5, 0.6) is 5.75 Å². The van der Waals surface area contributed by atoms with Crippen molar-refractivity contribution in [3.63, 3.8) is 0 Å². The maximum atomic E-state index is 13.4. The molecule has 0 atom stereocenters. The van der Waals surface area contributed by atoms with Crippen LogP contribution in [0.2, 0.25) is 0 Å². The lowest BCUT2D eigenvalue weighted by molar-refractivity contribution is 0.415. The van der Waals surface area contributed by atoms with Crippen LogP contribution >= 0.6 is 0 Å². The molecule has 0 saturated carbocycles. The molecule has 0 spiro atoms. The number of nitrogens with two attached hydrogens (primary N) is 1. The Labute approximate surface area is 99.0 Å². The van der Waals surface area contributed by atoms with Crippen molar-refractivity contribution < 1.29 is 9.13 Å². The quantitative estimate of drug-likeness (QED) is 0.799. The minimum absolute atomic E-state index is 0.317. The van der Waals surface area contributed by atoms with E-state index in [0.29, 0.717) is 22.8 Å². The SMILES string of the molecule is COc1ccc(Nc2ccccc2F)c(N)c1. The lowest BCUT2D eigenvalue weighted by Gasteiger charge is -2.11. The number of methoxy groups -OCH3 is 1. The highest BCUT2D eigenvalue weighted by Gasteiger charge is 2.04. The molecule has 2 aromatic carbocycles. The van der Waals surface area contributed by atoms with Crippen LogP contribution < -0.4 is 15.8 Å². The average Bonchev–Trinajstić information content (AvgIpc) is 2.34. The number of nitrogen functional groups attached to an aromatic ring is 1. The Bertz CT molecular complexity index is 529. The van der Waals surface area contributed by atoms with Gasteiger partial charge in [-0.15, -0.1) is 0 Å². The molecule has 0 aliphatic carbocycles. The lowest BCUT2D eigenvalue weighted by atomic mass is 10.2. The first-order chi connectivity index (χ1) is 8.20. The number of para-hydroxylation sites is 1. The van der Waals surface area contributed by atoms with E-state index in [1.54, 1.807) is 43.5 Å². The smallest absolute Gasteiger partial charge is 0.146 e. The molecule has 88 valence electrons. The Balaban J connectivity index is 2.28. The molecule has 0 aliphatic heterocycles. The summed E-state index contributed by atoms with van der Waals surface area (Å²) >= 11 is 0. The maximum absolute atomic E-state index is 13.4. The second kappa shape index (κ2) is 4.74. The van der Waals surface area contributed by atoms with Gasteiger partial charge in [0.15, 0.2) is 0 Å². The van der Waals surface area contributed by atoms with E-state index in [1.165, 1.54) is 6.07 Å². The van der Waals surface area contributed by atoms with Gasteiger partial charge in [0.05, 0.1) is 24.2 Å². The summed E-state index contributed by atoms with van der Waals surface area (Å²) in [4.78, 5) is 0. The number of rotatable bonds is 3. The Hall–Kier alpha value is -2.23. The molecule has 17 heavy (non-hydrogen) atoms. The highest BCUT2D eigenvalue weighted by molar-refractivity contribution is 5.74. The second-order valence-corrected chi connectivity index (χ2v) is 3.56. The summed E-state index contributed by atoms with van der Waals surface area (Å²) in [5, 5.41) is 2.94. The summed E-state index contributed by atoms with van der Waals surface area (Å²) < 4.78 is 18.5. The van der Waals surface area contributed by atoms with E-state index in [0.717, 1.165) is 0 Å². The predicted octanol–water partition coefficient (Wildman–Crippen LogP) is 3.16. The zero-order chi connectivity index (χ0) is 12.3. The fourth-order valence-electron chi connectivity index (χ4n) is 1.49. The van der Waals surface area contributed by atoms with E-state index in [9.17, 15) is 4.39 Å². The third-order valence-electron chi connectivity index (χ3n) is 2.40. The van der Waals surface area contributed by atoms with Crippen LogP contribution in [0.15, 0.2) is 42.5 Å². The molecule has 0 heterocycles. The van der Waals surface area contributed by atoms with Gasteiger partial charge in [0.1, 0.15) is 11.6 Å². The first-order valence-corrected chi connectivity index (χ1v) is 5.16. The highest BCUT2D eigenvalue weighted by Crippen LogP contribution is 2.27. The highest BCUT2D eigenvalue weighted by atomic mass is 19.1. The fourth-order valence-corrected chi connectivity index (χ4v) is 1.49. The number of nitrogens with one attached hydrogen (secondary N) is 1. The number of hydrogen-bond donors (Lipinski definition) is 2. The van der Waals surface area contributed by atoms with Crippen molar-refractivity contribution >= 4 is 17.1 Å². The number of hydrogen-bond acceptors (Lipinski definition) is 3. The van der Waals surface area contributed by atoms with Gasteiger partial charge in [0.2, 0.25) is 0 Å². The van der Waals surface area contributed by atoms with Crippen LogP contribution in [0.1, 0.15) is 0 Å². The molecule has 3 nitrogen and oxygen atoms in total. The van der Waals surface area contributed by atoms with Gasteiger partial charge in [0.25, 0.3) is 0 Å². The maximum Gasteiger partial charge on any atom is 0.146 e. The van der Waals surface area contributed by atoms with Crippen LogP contribution in [0.4, 0.5) is 21.5 Å². The van der Waals surface area contributed by atoms with Gasteiger partial charge in [-0.1, -0.05) is 12.1 Å². The van der Waals surface area contributed by atoms with E-state index < -0.39 is 0 Å². The number of halogens is 1. The van der Waals surface area contributed by atoms with Crippen LogP contribution in [-0.2, 0) is 0 Å². The largest absolute Gasteiger partial charge is 0.497 e. The molecular formula is C13H13FN2O. The standard InChI is InChI=1S/C13H13FN2O/c1-17-9-6-7-13(11(15)8-9)16-12-5-3-2-4-10(12)14/h2-8,16H,15H2,1H3. The van der Waals surface area contributed by atoms with Crippen molar-refractivity contribution in [2.75, 3.05) is 18.2 Å². The molecule has 0 bridgehead atoms. The van der Waals surface area contributed by atoms with Crippen molar-refractivity contribution in [1.82, 2.24) is 0 Å². The third kappa shape index (κ3) is 2.47. The second-order valence-electron chi connectivity index (χ2n) is 3.56. The topological polar surface area (TPSA) is 47.3 Å². The zero-order valence-corrected chi connectivity index (χ0v) is 9.41. The summed E-state index contributed by atoms with van der Waals surface area (Å²) in [5.41, 5.74) is 7.38. The molecule has 2 rings (SSSR count). The van der Waals surface area contributed by atoms with Gasteiger partial charge in [0, 0.05) is 6.07 Å². The number of benzene rings is 2. The van der Waals surface area contributed by atoms with Crippen molar-refractivity contribution in [3.8, 4) is 5.75 Å². The van der Waals surface area contributed by atoms with Crippen LogP contribution in [0.3, 0.4) is 0 Å². The van der Waals surface area contributed by atoms with Crippen molar-refractivity contribution in [2.45, 2.75) is 0 Å². The summed E-state index contributed by atoms with van der Waals surface area (Å²) in [7, 11) is 1.57. The number of ether oxygens (including phenoxy) is 1. The summed E-state index contributed by atoms with van der Waals surface area (Å²) in [6.45, 7) is 0. The summed E-state index contributed by atoms with van der Waals surface area (Å²) in [6, 6.07) is 11.6. The Morgan fingerprint density at radius 1 is 1.12 bits per heavy atom. The fraction of sp³-hybridized carbons (Fsp3) is 0.0769. The Morgan fingerprint density at radius 3 is 2.53 bits per heavy atom. The normalized spacial score (nSPS) is 10.0. The zero-order valence-electron chi connectivity index (χ0n) is 9.41. The number of anilines is 3. The molecule has 0 radical (unpaired) electrons. The first-order valence-electron chi connectivity index (χ1n) is 5.16. The van der Waals surface area contributed by atoms with Gasteiger partial charge in [-0.05, 0) is 24.3 Å². The molecule has 3 N–H and O–H groups in total. The van der Waals surface area contributed by atoms with Crippen LogP contribution in [0.25, 0.3) is 0 Å². The van der Waals surface area contributed by atoms with Crippen molar-refractivity contribution in [3.05, 3.63) is 48.3 Å². The predicted molar refractivity (Wildman–Crippen MR) is 67.1 cm³/mol. The molecule has 0 saturated heterocycles. The van der Waals surface area contributed by atoms with Crippen molar-refractivity contribution in [1.29, 1.82) is 0 Å². The minimum atomic E-state index is -0.317. The van der Waals surface area contributed by atoms with E-state index in [4.69, 9.17) is 10.5 Å². The minimum Gasteiger partial charge on any atom is -0.497 e. The van der Waals surface area contributed by atoms with E-state index in [-0.39, 0.29) is 5.82 Å². The van der Waals surface area contributed by atoms with Gasteiger partial charge in [-0.3, -0.25) is 0 Å². The monoisotopic (exact) mass is 232 g/mol. The van der Waals surface area contributed by atoms with E-state index in [2.05, 4.69) is 5.32 Å². The molecule has 0 amide bonds. The lowest BCUT2D eigenvalue weighted by Crippen LogP contribution is -1.98. The van der Waals surface area contributed by atoms with Crippen LogP contribution in [0, 0.1) is 5.82 Å². The van der Waals surface area contributed by atoms with Gasteiger partial charge < -0.3 is 15.8 Å². The molecule has 0 unspecified atom stereocenters. The van der Waals surface area contributed by atoms with E-state index in [1.807, 2.05) is 0 Å². The first kappa shape index (κ1) is 11.3. The van der Waals surface area contributed by atoms with Gasteiger partial charge in [-0.25, -0.2) is 4.39 Å². The third-order valence-corrected chi connectivity index (χ3v) is 2.40. The Morgan fingerprint density at radius 2 is 1.88 bits per heavy atom. The molecule has 0 aromatic heterocycles. The molecule has 0 fully saturated rings.